The summed E-state index contributed by atoms with van der Waals surface area (Å²) in [6, 6.07) is 3.33. The number of esters is 1. The number of nitrogens with one attached hydrogen (secondary N) is 1. The number of benzene rings is 1. The van der Waals surface area contributed by atoms with Crippen molar-refractivity contribution >= 4 is 28.7 Å². The number of hydrazone groups is 1. The molecule has 0 unspecified atom stereocenters. The topological polar surface area (TPSA) is 180 Å². The maximum atomic E-state index is 11.8. The summed E-state index contributed by atoms with van der Waals surface area (Å²) in [4.78, 5) is 44.5. The van der Waals surface area contributed by atoms with Gasteiger partial charge < -0.3 is 4.74 Å². The predicted molar refractivity (Wildman–Crippen MR) is 158 cm³/mol. The number of allylic oxidation sites excluding steroid dienone is 1. The van der Waals surface area contributed by atoms with Gasteiger partial charge in [-0.25, -0.2) is 0 Å². The fraction of sp³-hybridized carbons (Fsp3) is 0.667. The Morgan fingerprint density at radius 3 is 2.47 bits per heavy atom. The van der Waals surface area contributed by atoms with Gasteiger partial charge in [-0.15, -0.1) is 0 Å². The molecule has 0 amide bonds. The maximum absolute atomic E-state index is 11.8. The highest BCUT2D eigenvalue weighted by Gasteiger charge is 2.62. The van der Waals surface area contributed by atoms with E-state index in [0.717, 1.165) is 44.6 Å². The fourth-order valence-electron chi connectivity index (χ4n) is 9.43. The lowest BCUT2D eigenvalue weighted by atomic mass is 9.47. The summed E-state index contributed by atoms with van der Waals surface area (Å²) in [7, 11) is 0. The molecule has 0 saturated heterocycles. The molecule has 0 aliphatic heterocycles. The van der Waals surface area contributed by atoms with E-state index in [9.17, 15) is 35.1 Å². The van der Waals surface area contributed by atoms with Gasteiger partial charge in [-0.05, 0) is 80.1 Å². The van der Waals surface area contributed by atoms with Crippen molar-refractivity contribution in [2.45, 2.75) is 78.7 Å². The van der Waals surface area contributed by atoms with Crippen LogP contribution >= 0.6 is 0 Å². The first-order valence-electron chi connectivity index (χ1n) is 15.0. The number of fused-ring (bicyclic) bond motifs is 5. The highest BCUT2D eigenvalue weighted by atomic mass is 16.6. The minimum Gasteiger partial charge on any atom is -0.462 e. The zero-order valence-electron chi connectivity index (χ0n) is 25.0. The van der Waals surface area contributed by atoms with Crippen LogP contribution in [0.4, 0.5) is 17.1 Å². The van der Waals surface area contributed by atoms with Gasteiger partial charge in [0, 0.05) is 41.9 Å². The summed E-state index contributed by atoms with van der Waals surface area (Å²) < 4.78 is 5.56. The Bertz CT molecular complexity index is 1410. The first-order chi connectivity index (χ1) is 20.2. The van der Waals surface area contributed by atoms with Crippen molar-refractivity contribution in [3.05, 3.63) is 60.2 Å². The van der Waals surface area contributed by atoms with Crippen LogP contribution in [0.3, 0.4) is 0 Å². The number of nitro groups is 3. The molecule has 1 aromatic rings. The van der Waals surface area contributed by atoms with Crippen LogP contribution < -0.4 is 5.43 Å². The second kappa shape index (κ2) is 11.3. The molecule has 3 fully saturated rings. The SMILES string of the molecule is CC(=O)O[C@H]1CC[C@@]2(C)C(=CC[C@H]3[C@@H]4C[C@@H](C[N+](=O)[O-])[C@H](/C(C)=N/Nc5ccc([N+](=O)[O-])cc5[N+](=O)[O-])[C@@]4(C)CC[C@@H]32)C1. The zero-order valence-corrected chi connectivity index (χ0v) is 25.0. The average molecular weight is 598 g/mol. The van der Waals surface area contributed by atoms with Gasteiger partial charge in [0.2, 0.25) is 6.54 Å². The molecule has 13 heteroatoms. The first kappa shape index (κ1) is 30.6. The van der Waals surface area contributed by atoms with Crippen LogP contribution in [0.1, 0.15) is 72.6 Å². The van der Waals surface area contributed by atoms with E-state index in [2.05, 4.69) is 30.5 Å². The van der Waals surface area contributed by atoms with Gasteiger partial charge in [0.1, 0.15) is 11.8 Å². The van der Waals surface area contributed by atoms with Crippen molar-refractivity contribution in [1.82, 2.24) is 0 Å². The minimum absolute atomic E-state index is 0.0110. The van der Waals surface area contributed by atoms with E-state index < -0.39 is 21.2 Å². The molecule has 0 radical (unpaired) electrons. The van der Waals surface area contributed by atoms with E-state index in [1.54, 1.807) is 0 Å². The second-order valence-electron chi connectivity index (χ2n) is 13.3. The molecular weight excluding hydrogens is 558 g/mol. The fourth-order valence-corrected chi connectivity index (χ4v) is 9.43. The van der Waals surface area contributed by atoms with Crippen LogP contribution in [0.25, 0.3) is 0 Å². The van der Waals surface area contributed by atoms with E-state index in [0.29, 0.717) is 24.0 Å². The predicted octanol–water partition coefficient (Wildman–Crippen LogP) is 6.30. The number of non-ortho nitro benzene ring substituents is 1. The van der Waals surface area contributed by atoms with Gasteiger partial charge >= 0.3 is 11.7 Å². The quantitative estimate of drug-likeness (QED) is 0.118. The Labute approximate surface area is 249 Å². The molecule has 8 atom stereocenters. The number of rotatable bonds is 8. The Balaban J connectivity index is 1.43. The zero-order chi connectivity index (χ0) is 31.3. The van der Waals surface area contributed by atoms with Gasteiger partial charge in [-0.1, -0.05) is 25.5 Å². The molecule has 3 saturated carbocycles. The molecule has 1 N–H and O–H groups in total. The molecule has 0 bridgehead atoms. The monoisotopic (exact) mass is 597 g/mol. The molecule has 4 aliphatic rings. The molecule has 13 nitrogen and oxygen atoms in total. The number of hydrogen-bond acceptors (Lipinski definition) is 10. The van der Waals surface area contributed by atoms with E-state index >= 15 is 0 Å². The third-order valence-electron chi connectivity index (χ3n) is 11.1. The lowest BCUT2D eigenvalue weighted by Crippen LogP contribution is -2.51. The van der Waals surface area contributed by atoms with Crippen LogP contribution in [0, 0.1) is 70.8 Å². The largest absolute Gasteiger partial charge is 0.462 e. The van der Waals surface area contributed by atoms with E-state index in [4.69, 9.17) is 4.74 Å². The van der Waals surface area contributed by atoms with Crippen LogP contribution in [-0.4, -0.2) is 39.1 Å². The molecular formula is C30H39N5O8. The third-order valence-corrected chi connectivity index (χ3v) is 11.1. The van der Waals surface area contributed by atoms with Gasteiger partial charge in [0.05, 0.1) is 15.9 Å². The number of carbonyl (C=O) groups is 1. The summed E-state index contributed by atoms with van der Waals surface area (Å²) in [6.45, 7) is 7.66. The lowest BCUT2D eigenvalue weighted by Gasteiger charge is -2.58. The summed E-state index contributed by atoms with van der Waals surface area (Å²) >= 11 is 0. The molecule has 1 aromatic carbocycles. The van der Waals surface area contributed by atoms with Crippen molar-refractivity contribution in [2.75, 3.05) is 12.0 Å². The molecule has 5 rings (SSSR count). The van der Waals surface area contributed by atoms with Gasteiger partial charge in [-0.2, -0.15) is 5.10 Å². The van der Waals surface area contributed by atoms with Crippen LogP contribution in [0.15, 0.2) is 34.9 Å². The van der Waals surface area contributed by atoms with Crippen LogP contribution in [-0.2, 0) is 9.53 Å². The molecule has 43 heavy (non-hydrogen) atoms. The maximum Gasteiger partial charge on any atom is 0.302 e. The summed E-state index contributed by atoms with van der Waals surface area (Å²) in [5, 5.41) is 39.1. The van der Waals surface area contributed by atoms with Crippen molar-refractivity contribution in [2.24, 2.45) is 45.5 Å². The smallest absolute Gasteiger partial charge is 0.302 e. The van der Waals surface area contributed by atoms with Gasteiger partial charge in [-0.3, -0.25) is 40.6 Å². The normalized spacial score (nSPS) is 35.1. The number of nitrogens with zero attached hydrogens (tertiary/aromatic N) is 4. The Kier molecular flexibility index (Phi) is 8.03. The Hall–Kier alpha value is -3.90. The second-order valence-corrected chi connectivity index (χ2v) is 13.3. The summed E-state index contributed by atoms with van der Waals surface area (Å²) in [5.41, 5.74) is 3.69. The third kappa shape index (κ3) is 5.49. The van der Waals surface area contributed by atoms with Gasteiger partial charge in [0.15, 0.2) is 0 Å². The molecule has 232 valence electrons. The number of ether oxygens (including phenoxy) is 1. The number of anilines is 1. The highest BCUT2D eigenvalue weighted by molar-refractivity contribution is 5.87. The Morgan fingerprint density at radius 2 is 1.81 bits per heavy atom. The highest BCUT2D eigenvalue weighted by Crippen LogP contribution is 2.67. The summed E-state index contributed by atoms with van der Waals surface area (Å²) in [5.74, 6) is 0.372. The average Bonchev–Trinajstić information content (AvgIpc) is 3.22. The van der Waals surface area contributed by atoms with Crippen molar-refractivity contribution < 1.29 is 24.3 Å². The number of nitro benzene ring substituents is 2. The number of carbonyl (C=O) groups excluding carboxylic acids is 1. The van der Waals surface area contributed by atoms with E-state index in [-0.39, 0.29) is 57.8 Å². The molecule has 0 spiro atoms. The standard InChI is InChI=1S/C30H39N5O8/c1-17(31-32-26-8-6-21(34(39)40)15-27(26)35(41)42)28-19(16-33(37)38)13-25-23-7-5-20-14-22(43-18(2)36)9-11-29(20,3)24(23)10-12-30(25,28)4/h5-6,8,15,19,22-25,28,32H,7,9-14,16H2,1-4H3/b31-17+/t19-,22-,23+,24-,25-,28-,29-,30-/m0/s1. The minimum atomic E-state index is -0.699. The van der Waals surface area contributed by atoms with Gasteiger partial charge in [0.25, 0.3) is 5.69 Å². The lowest BCUT2D eigenvalue weighted by molar-refractivity contribution is -0.489. The van der Waals surface area contributed by atoms with E-state index in [1.165, 1.54) is 24.6 Å². The Morgan fingerprint density at radius 1 is 1.07 bits per heavy atom. The van der Waals surface area contributed by atoms with Crippen molar-refractivity contribution in [3.63, 3.8) is 0 Å². The molecule has 4 aliphatic carbocycles. The molecule has 0 aromatic heterocycles. The number of hydrogen-bond donors (Lipinski definition) is 1. The molecule has 0 heterocycles. The van der Waals surface area contributed by atoms with Crippen molar-refractivity contribution in [3.8, 4) is 0 Å². The summed E-state index contributed by atoms with van der Waals surface area (Å²) in [6.07, 6.45) is 8.28. The first-order valence-corrected chi connectivity index (χ1v) is 15.0. The van der Waals surface area contributed by atoms with Crippen molar-refractivity contribution in [1.29, 1.82) is 0 Å². The van der Waals surface area contributed by atoms with Crippen LogP contribution in [0.5, 0.6) is 0 Å². The van der Waals surface area contributed by atoms with Crippen LogP contribution in [0.2, 0.25) is 0 Å². The van der Waals surface area contributed by atoms with E-state index in [1.807, 2.05) is 6.92 Å².